The highest BCUT2D eigenvalue weighted by molar-refractivity contribution is 5.95. The number of aromatic nitrogens is 3. The highest BCUT2D eigenvalue weighted by atomic mass is 16.3. The molecule has 0 saturated carbocycles. The van der Waals surface area contributed by atoms with Crippen molar-refractivity contribution in [2.24, 2.45) is 0 Å². The summed E-state index contributed by atoms with van der Waals surface area (Å²) in [4.78, 5) is 14.1. The predicted molar refractivity (Wildman–Crippen MR) is 88.0 cm³/mol. The molecule has 0 atom stereocenters. The van der Waals surface area contributed by atoms with Gasteiger partial charge < -0.3 is 20.3 Å². The van der Waals surface area contributed by atoms with Gasteiger partial charge in [-0.2, -0.15) is 0 Å². The van der Waals surface area contributed by atoms with E-state index in [2.05, 4.69) is 25.2 Å². The number of rotatable bonds is 5. The number of nitrogens with zero attached hydrogens (tertiary/aromatic N) is 3. The van der Waals surface area contributed by atoms with Gasteiger partial charge in [0.1, 0.15) is 22.9 Å². The summed E-state index contributed by atoms with van der Waals surface area (Å²) in [7, 11) is 4.06. The molecule has 0 aliphatic heterocycles. The lowest BCUT2D eigenvalue weighted by atomic mass is 10.1. The Morgan fingerprint density at radius 1 is 1.32 bits per heavy atom. The number of hydrogen-bond donors (Lipinski definition) is 3. The molecule has 22 heavy (non-hydrogen) atoms. The number of aromatic amines is 1. The molecule has 0 unspecified atom stereocenters. The third-order valence-corrected chi connectivity index (χ3v) is 3.44. The molecule has 114 valence electrons. The van der Waals surface area contributed by atoms with E-state index in [1.807, 2.05) is 32.4 Å². The van der Waals surface area contributed by atoms with Gasteiger partial charge >= 0.3 is 0 Å². The van der Waals surface area contributed by atoms with Crippen LogP contribution in [0.15, 0.2) is 36.7 Å². The summed E-state index contributed by atoms with van der Waals surface area (Å²) < 4.78 is 0. The summed E-state index contributed by atoms with van der Waals surface area (Å²) in [6.07, 6.45) is 3.51. The topological polar surface area (TPSA) is 77.1 Å². The van der Waals surface area contributed by atoms with Gasteiger partial charge in [0.2, 0.25) is 0 Å². The van der Waals surface area contributed by atoms with E-state index < -0.39 is 0 Å². The molecule has 0 radical (unpaired) electrons. The molecule has 3 heterocycles. The maximum Gasteiger partial charge on any atom is 0.141 e. The Hall–Kier alpha value is -2.60. The van der Waals surface area contributed by atoms with Crippen molar-refractivity contribution in [2.75, 3.05) is 32.5 Å². The molecule has 3 rings (SSSR count). The quantitative estimate of drug-likeness (QED) is 0.673. The molecule has 3 N–H and O–H groups in total. The van der Waals surface area contributed by atoms with Crippen LogP contribution in [0.5, 0.6) is 5.75 Å². The van der Waals surface area contributed by atoms with Gasteiger partial charge in [-0.15, -0.1) is 0 Å². The molecule has 0 spiro atoms. The zero-order valence-corrected chi connectivity index (χ0v) is 12.7. The Balaban J connectivity index is 2.01. The molecule has 3 aromatic heterocycles. The zero-order valence-electron chi connectivity index (χ0n) is 12.7. The van der Waals surface area contributed by atoms with Crippen LogP contribution >= 0.6 is 0 Å². The van der Waals surface area contributed by atoms with Crippen LogP contribution in [0.25, 0.3) is 22.3 Å². The molecule has 0 aliphatic carbocycles. The van der Waals surface area contributed by atoms with Crippen molar-refractivity contribution in [3.05, 3.63) is 36.7 Å². The molecular formula is C16H19N5O. The molecule has 6 heteroatoms. The van der Waals surface area contributed by atoms with Gasteiger partial charge in [0.25, 0.3) is 0 Å². The third kappa shape index (κ3) is 2.87. The summed E-state index contributed by atoms with van der Waals surface area (Å²) in [5.74, 6) is 0.923. The summed E-state index contributed by atoms with van der Waals surface area (Å²) in [6.45, 7) is 1.70. The van der Waals surface area contributed by atoms with Gasteiger partial charge in [-0.05, 0) is 38.4 Å². The first-order chi connectivity index (χ1) is 10.6. The first-order valence-electron chi connectivity index (χ1n) is 7.16. The van der Waals surface area contributed by atoms with Crippen molar-refractivity contribution in [3.63, 3.8) is 0 Å². The highest BCUT2D eigenvalue weighted by Gasteiger charge is 2.13. The zero-order chi connectivity index (χ0) is 15.5. The first-order valence-corrected chi connectivity index (χ1v) is 7.16. The maximum atomic E-state index is 10.1. The van der Waals surface area contributed by atoms with Gasteiger partial charge in [-0.1, -0.05) is 0 Å². The fraction of sp³-hybridized carbons (Fsp3) is 0.250. The van der Waals surface area contributed by atoms with Crippen molar-refractivity contribution in [3.8, 4) is 17.0 Å². The monoisotopic (exact) mass is 297 g/mol. The number of nitrogens with one attached hydrogen (secondary N) is 2. The molecule has 0 amide bonds. The Bertz CT molecular complexity index is 781. The van der Waals surface area contributed by atoms with Crippen LogP contribution in [-0.2, 0) is 0 Å². The normalized spacial score (nSPS) is 11.2. The number of H-pyrrole nitrogens is 1. The average Bonchev–Trinajstić information content (AvgIpc) is 2.95. The van der Waals surface area contributed by atoms with E-state index in [-0.39, 0.29) is 5.75 Å². The second kappa shape index (κ2) is 6.03. The predicted octanol–water partition coefficient (Wildman–Crippen LogP) is 2.30. The van der Waals surface area contributed by atoms with E-state index in [4.69, 9.17) is 0 Å². The van der Waals surface area contributed by atoms with Crippen LogP contribution < -0.4 is 5.32 Å². The highest BCUT2D eigenvalue weighted by Crippen LogP contribution is 2.33. The molecule has 0 bridgehead atoms. The van der Waals surface area contributed by atoms with E-state index in [9.17, 15) is 5.11 Å². The fourth-order valence-electron chi connectivity index (χ4n) is 2.34. The molecule has 3 aromatic rings. The molecular weight excluding hydrogens is 278 g/mol. The van der Waals surface area contributed by atoms with Gasteiger partial charge in [0.15, 0.2) is 0 Å². The van der Waals surface area contributed by atoms with E-state index in [1.165, 1.54) is 0 Å². The second-order valence-electron chi connectivity index (χ2n) is 5.40. The number of anilines is 1. The minimum atomic E-state index is 0.162. The van der Waals surface area contributed by atoms with Crippen LogP contribution in [0.3, 0.4) is 0 Å². The smallest absolute Gasteiger partial charge is 0.141 e. The maximum absolute atomic E-state index is 10.1. The van der Waals surface area contributed by atoms with Crippen LogP contribution in [0.4, 0.5) is 5.82 Å². The second-order valence-corrected chi connectivity index (χ2v) is 5.40. The van der Waals surface area contributed by atoms with E-state index in [1.54, 1.807) is 18.3 Å². The number of likely N-dealkylation sites (N-methyl/N-ethyl adjacent to an activating group) is 1. The minimum Gasteiger partial charge on any atom is -0.506 e. The first kappa shape index (κ1) is 14.3. The summed E-state index contributed by atoms with van der Waals surface area (Å²) in [5.41, 5.74) is 2.19. The van der Waals surface area contributed by atoms with Crippen LogP contribution in [0.2, 0.25) is 0 Å². The third-order valence-electron chi connectivity index (χ3n) is 3.44. The van der Waals surface area contributed by atoms with Crippen molar-refractivity contribution < 1.29 is 5.11 Å². The Morgan fingerprint density at radius 2 is 2.18 bits per heavy atom. The van der Waals surface area contributed by atoms with E-state index >= 15 is 0 Å². The fourth-order valence-corrected chi connectivity index (χ4v) is 2.34. The van der Waals surface area contributed by atoms with Crippen molar-refractivity contribution in [1.29, 1.82) is 0 Å². The van der Waals surface area contributed by atoms with Crippen LogP contribution in [0, 0.1) is 0 Å². The Morgan fingerprint density at radius 3 is 2.95 bits per heavy atom. The largest absolute Gasteiger partial charge is 0.506 e. The van der Waals surface area contributed by atoms with Crippen molar-refractivity contribution in [2.45, 2.75) is 0 Å². The van der Waals surface area contributed by atoms with Crippen molar-refractivity contribution in [1.82, 2.24) is 19.9 Å². The van der Waals surface area contributed by atoms with Gasteiger partial charge in [-0.25, -0.2) is 4.98 Å². The SMILES string of the molecule is CN(C)CCNc1cc(-c2ncccc2O)c2cc[nH]c2n1. The minimum absolute atomic E-state index is 0.162. The lowest BCUT2D eigenvalue weighted by Gasteiger charge is -2.12. The molecule has 0 saturated heterocycles. The Kier molecular flexibility index (Phi) is 3.93. The molecule has 0 aliphatic rings. The molecule has 0 fully saturated rings. The number of pyridine rings is 2. The summed E-state index contributed by atoms with van der Waals surface area (Å²) in [6, 6.07) is 7.22. The standard InChI is InChI=1S/C16H19N5O/c1-21(2)9-8-17-14-10-12(11-5-7-19-16(11)20-14)15-13(22)4-3-6-18-15/h3-7,10,22H,8-9H2,1-2H3,(H2,17,19,20). The van der Waals surface area contributed by atoms with Gasteiger partial charge in [0.05, 0.1) is 0 Å². The van der Waals surface area contributed by atoms with Gasteiger partial charge in [-0.3, -0.25) is 4.98 Å². The lowest BCUT2D eigenvalue weighted by Crippen LogP contribution is -2.21. The number of fused-ring (bicyclic) bond motifs is 1. The molecule has 6 nitrogen and oxygen atoms in total. The van der Waals surface area contributed by atoms with Crippen molar-refractivity contribution >= 4 is 16.9 Å². The van der Waals surface area contributed by atoms with Crippen LogP contribution in [-0.4, -0.2) is 52.1 Å². The summed E-state index contributed by atoms with van der Waals surface area (Å²) >= 11 is 0. The Labute approximate surface area is 128 Å². The number of aromatic hydroxyl groups is 1. The van der Waals surface area contributed by atoms with Crippen LogP contribution in [0.1, 0.15) is 0 Å². The average molecular weight is 297 g/mol. The van der Waals surface area contributed by atoms with E-state index in [0.29, 0.717) is 5.69 Å². The van der Waals surface area contributed by atoms with Gasteiger partial charge in [0, 0.05) is 36.4 Å². The molecule has 0 aromatic carbocycles. The lowest BCUT2D eigenvalue weighted by molar-refractivity contribution is 0.425. The summed E-state index contributed by atoms with van der Waals surface area (Å²) in [5, 5.41) is 14.3. The number of hydrogen-bond acceptors (Lipinski definition) is 5. The van der Waals surface area contributed by atoms with E-state index in [0.717, 1.165) is 35.5 Å².